The molecule has 0 aliphatic rings. The SMILES string of the molecule is O=c1oc2ccc(-c3ccc(OC(F)(F)F)cc3)cc2n1CCCO. The molecule has 132 valence electrons. The van der Waals surface area contributed by atoms with Gasteiger partial charge in [-0.2, -0.15) is 0 Å². The number of benzene rings is 2. The fourth-order valence-electron chi connectivity index (χ4n) is 2.53. The van der Waals surface area contributed by atoms with Gasteiger partial charge >= 0.3 is 12.1 Å². The maximum atomic E-state index is 12.2. The lowest BCUT2D eigenvalue weighted by molar-refractivity contribution is -0.274. The third kappa shape index (κ3) is 3.85. The smallest absolute Gasteiger partial charge is 0.408 e. The van der Waals surface area contributed by atoms with Gasteiger partial charge in [-0.1, -0.05) is 18.2 Å². The molecular weight excluding hydrogens is 339 g/mol. The van der Waals surface area contributed by atoms with Crippen LogP contribution in [0.3, 0.4) is 0 Å². The number of fused-ring (bicyclic) bond motifs is 1. The van der Waals surface area contributed by atoms with Crippen LogP contribution >= 0.6 is 0 Å². The zero-order valence-corrected chi connectivity index (χ0v) is 12.9. The highest BCUT2D eigenvalue weighted by Crippen LogP contribution is 2.28. The third-order valence-corrected chi connectivity index (χ3v) is 3.63. The summed E-state index contributed by atoms with van der Waals surface area (Å²) >= 11 is 0. The maximum absolute atomic E-state index is 12.2. The summed E-state index contributed by atoms with van der Waals surface area (Å²) in [5.74, 6) is -0.824. The lowest BCUT2D eigenvalue weighted by Gasteiger charge is -2.09. The highest BCUT2D eigenvalue weighted by molar-refractivity contribution is 5.80. The summed E-state index contributed by atoms with van der Waals surface area (Å²) in [4.78, 5) is 11.9. The van der Waals surface area contributed by atoms with E-state index in [0.29, 0.717) is 35.2 Å². The number of oxazole rings is 1. The van der Waals surface area contributed by atoms with E-state index in [4.69, 9.17) is 9.52 Å². The van der Waals surface area contributed by atoms with E-state index in [1.54, 1.807) is 18.2 Å². The van der Waals surface area contributed by atoms with Gasteiger partial charge in [0.15, 0.2) is 5.58 Å². The molecular formula is C17H14F3NO4. The van der Waals surface area contributed by atoms with Crippen molar-refractivity contribution >= 4 is 11.1 Å². The van der Waals surface area contributed by atoms with Gasteiger partial charge in [-0.25, -0.2) is 4.79 Å². The van der Waals surface area contributed by atoms with Crippen LogP contribution in [0.1, 0.15) is 6.42 Å². The van der Waals surface area contributed by atoms with Crippen LogP contribution in [0.25, 0.3) is 22.2 Å². The molecule has 0 fully saturated rings. The minimum Gasteiger partial charge on any atom is -0.408 e. The van der Waals surface area contributed by atoms with Gasteiger partial charge in [0.1, 0.15) is 5.75 Å². The van der Waals surface area contributed by atoms with Crippen molar-refractivity contribution in [2.75, 3.05) is 6.61 Å². The van der Waals surface area contributed by atoms with E-state index in [9.17, 15) is 18.0 Å². The molecule has 0 spiro atoms. The number of halogens is 3. The average molecular weight is 353 g/mol. The van der Waals surface area contributed by atoms with Gasteiger partial charge < -0.3 is 14.3 Å². The largest absolute Gasteiger partial charge is 0.573 e. The second-order valence-corrected chi connectivity index (χ2v) is 5.35. The van der Waals surface area contributed by atoms with Crippen LogP contribution in [0.2, 0.25) is 0 Å². The molecule has 0 saturated heterocycles. The summed E-state index contributed by atoms with van der Waals surface area (Å²) in [6.07, 6.45) is -4.33. The second-order valence-electron chi connectivity index (χ2n) is 5.35. The van der Waals surface area contributed by atoms with Crippen molar-refractivity contribution in [2.24, 2.45) is 0 Å². The number of alkyl halides is 3. The molecule has 0 saturated carbocycles. The first-order chi connectivity index (χ1) is 11.9. The number of rotatable bonds is 5. The van der Waals surface area contributed by atoms with Crippen molar-refractivity contribution in [2.45, 2.75) is 19.3 Å². The number of aromatic nitrogens is 1. The van der Waals surface area contributed by atoms with E-state index in [1.165, 1.54) is 28.8 Å². The highest BCUT2D eigenvalue weighted by Gasteiger charge is 2.30. The van der Waals surface area contributed by atoms with Crippen LogP contribution in [0, 0.1) is 0 Å². The van der Waals surface area contributed by atoms with E-state index >= 15 is 0 Å². The molecule has 0 unspecified atom stereocenters. The number of nitrogens with zero attached hydrogens (tertiary/aromatic N) is 1. The first kappa shape index (κ1) is 17.1. The van der Waals surface area contributed by atoms with Crippen molar-refractivity contribution < 1.29 is 27.4 Å². The maximum Gasteiger partial charge on any atom is 0.573 e. The minimum atomic E-state index is -4.74. The highest BCUT2D eigenvalue weighted by atomic mass is 19.4. The Bertz CT molecular complexity index is 926. The molecule has 1 heterocycles. The molecule has 2 aromatic carbocycles. The van der Waals surface area contributed by atoms with Gasteiger partial charge in [-0.05, 0) is 41.8 Å². The molecule has 0 aliphatic heterocycles. The number of hydrogen-bond donors (Lipinski definition) is 1. The number of aliphatic hydroxyl groups excluding tert-OH is 1. The number of aryl methyl sites for hydroxylation is 1. The third-order valence-electron chi connectivity index (χ3n) is 3.63. The summed E-state index contributed by atoms with van der Waals surface area (Å²) in [6, 6.07) is 10.5. The van der Waals surface area contributed by atoms with E-state index in [1.807, 2.05) is 0 Å². The number of hydrogen-bond acceptors (Lipinski definition) is 4. The zero-order valence-electron chi connectivity index (χ0n) is 12.9. The molecule has 25 heavy (non-hydrogen) atoms. The van der Waals surface area contributed by atoms with Crippen LogP contribution in [0.5, 0.6) is 5.75 Å². The molecule has 0 bridgehead atoms. The predicted octanol–water partition coefficient (Wildman–Crippen LogP) is 3.54. The number of aliphatic hydroxyl groups is 1. The van der Waals surface area contributed by atoms with Crippen molar-refractivity contribution in [3.8, 4) is 16.9 Å². The Labute approximate surface area is 139 Å². The van der Waals surface area contributed by atoms with Gasteiger partial charge in [-0.3, -0.25) is 4.57 Å². The molecule has 0 aliphatic carbocycles. The molecule has 1 aromatic heterocycles. The average Bonchev–Trinajstić information content (AvgIpc) is 2.86. The Morgan fingerprint density at radius 3 is 2.40 bits per heavy atom. The molecule has 1 N–H and O–H groups in total. The fourth-order valence-corrected chi connectivity index (χ4v) is 2.53. The topological polar surface area (TPSA) is 64.6 Å². The Morgan fingerprint density at radius 1 is 1.08 bits per heavy atom. The Morgan fingerprint density at radius 2 is 1.76 bits per heavy atom. The molecule has 0 radical (unpaired) electrons. The Hall–Kier alpha value is -2.74. The van der Waals surface area contributed by atoms with Gasteiger partial charge in [0.05, 0.1) is 5.52 Å². The molecule has 0 atom stereocenters. The first-order valence-corrected chi connectivity index (χ1v) is 7.48. The fraction of sp³-hybridized carbons (Fsp3) is 0.235. The van der Waals surface area contributed by atoms with Crippen LogP contribution in [-0.2, 0) is 6.54 Å². The van der Waals surface area contributed by atoms with E-state index in [-0.39, 0.29) is 12.4 Å². The summed E-state index contributed by atoms with van der Waals surface area (Å²) < 4.78 is 47.0. The van der Waals surface area contributed by atoms with Crippen molar-refractivity contribution in [3.63, 3.8) is 0 Å². The Kier molecular flexibility index (Phi) is 4.54. The van der Waals surface area contributed by atoms with E-state index in [2.05, 4.69) is 4.74 Å². The summed E-state index contributed by atoms with van der Waals surface area (Å²) in [6.45, 7) is 0.254. The van der Waals surface area contributed by atoms with Crippen LogP contribution in [0.4, 0.5) is 13.2 Å². The molecule has 3 aromatic rings. The predicted molar refractivity (Wildman–Crippen MR) is 84.3 cm³/mol. The minimum absolute atomic E-state index is 0.0561. The van der Waals surface area contributed by atoms with Crippen molar-refractivity contribution in [3.05, 3.63) is 53.0 Å². The number of ether oxygens (including phenoxy) is 1. The molecule has 3 rings (SSSR count). The van der Waals surface area contributed by atoms with E-state index in [0.717, 1.165) is 0 Å². The molecule has 5 nitrogen and oxygen atoms in total. The quantitative estimate of drug-likeness (QED) is 0.762. The van der Waals surface area contributed by atoms with Crippen LogP contribution in [0.15, 0.2) is 51.7 Å². The first-order valence-electron chi connectivity index (χ1n) is 7.48. The molecule has 0 amide bonds. The Balaban J connectivity index is 1.94. The second kappa shape index (κ2) is 6.64. The summed E-state index contributed by atoms with van der Waals surface area (Å²) in [5, 5.41) is 8.93. The van der Waals surface area contributed by atoms with Gasteiger partial charge in [0, 0.05) is 13.2 Å². The monoisotopic (exact) mass is 353 g/mol. The van der Waals surface area contributed by atoms with E-state index < -0.39 is 12.1 Å². The van der Waals surface area contributed by atoms with Gasteiger partial charge in [-0.15, -0.1) is 13.2 Å². The summed E-state index contributed by atoms with van der Waals surface area (Å²) in [5.41, 5.74) is 2.35. The lowest BCUT2D eigenvalue weighted by atomic mass is 10.1. The zero-order chi connectivity index (χ0) is 18.0. The molecule has 8 heteroatoms. The standard InChI is InChI=1S/C17H14F3NO4/c18-17(19,20)25-13-5-2-11(3-6-13)12-4-7-15-14(10-12)21(8-1-9-22)16(23)24-15/h2-7,10,22H,1,8-9H2. The van der Waals surface area contributed by atoms with Gasteiger partial charge in [0.25, 0.3) is 0 Å². The summed E-state index contributed by atoms with van der Waals surface area (Å²) in [7, 11) is 0. The van der Waals surface area contributed by atoms with Crippen LogP contribution in [-0.4, -0.2) is 22.6 Å². The lowest BCUT2D eigenvalue weighted by Crippen LogP contribution is -2.16. The van der Waals surface area contributed by atoms with Crippen molar-refractivity contribution in [1.29, 1.82) is 0 Å². The van der Waals surface area contributed by atoms with Gasteiger partial charge in [0.2, 0.25) is 0 Å². The van der Waals surface area contributed by atoms with Crippen molar-refractivity contribution in [1.82, 2.24) is 4.57 Å². The van der Waals surface area contributed by atoms with Crippen LogP contribution < -0.4 is 10.5 Å². The normalized spacial score (nSPS) is 11.8.